The van der Waals surface area contributed by atoms with Crippen molar-refractivity contribution in [3.05, 3.63) is 47.3 Å². The fraction of sp³-hybridized carbons (Fsp3) is 0.412. The molecular weight excluding hydrogens is 365 g/mol. The lowest BCUT2D eigenvalue weighted by molar-refractivity contribution is -0.0172. The highest BCUT2D eigenvalue weighted by Gasteiger charge is 2.18. The van der Waals surface area contributed by atoms with Crippen LogP contribution in [0.3, 0.4) is 0 Å². The van der Waals surface area contributed by atoms with E-state index in [0.29, 0.717) is 27.9 Å². The predicted octanol–water partition coefficient (Wildman–Crippen LogP) is 2.67. The molecule has 27 heavy (non-hydrogen) atoms. The topological polar surface area (TPSA) is 68.6 Å². The summed E-state index contributed by atoms with van der Waals surface area (Å²) in [6.07, 6.45) is 2.76. The normalized spacial score (nSPS) is 13.2. The number of ether oxygens (including phenoxy) is 2. The first-order chi connectivity index (χ1) is 13.0. The molecule has 1 aliphatic heterocycles. The number of alkyl halides is 2. The van der Waals surface area contributed by atoms with Gasteiger partial charge in [0.25, 0.3) is 0 Å². The van der Waals surface area contributed by atoms with Crippen molar-refractivity contribution in [2.45, 2.75) is 26.1 Å². The predicted molar refractivity (Wildman–Crippen MR) is 88.7 cm³/mol. The molecule has 0 aliphatic carbocycles. The summed E-state index contributed by atoms with van der Waals surface area (Å²) in [6, 6.07) is 2.27. The van der Waals surface area contributed by atoms with Gasteiger partial charge in [0.2, 0.25) is 0 Å². The van der Waals surface area contributed by atoms with E-state index in [1.807, 2.05) is 0 Å². The zero-order valence-electron chi connectivity index (χ0n) is 14.6. The first-order valence-electron chi connectivity index (χ1n) is 8.26. The Morgan fingerprint density at radius 3 is 3.04 bits per heavy atom. The Labute approximate surface area is 153 Å². The van der Waals surface area contributed by atoms with E-state index in [-0.39, 0.29) is 32.3 Å². The molecule has 7 nitrogen and oxygen atoms in total. The molecule has 1 aromatic heterocycles. The zero-order chi connectivity index (χ0) is 19.4. The largest absolute Gasteiger partial charge is 0.467 e. The Bertz CT molecular complexity index is 813. The number of nitrogens with zero attached hydrogens (tertiary/aromatic N) is 3. The molecular formula is C17H19F3N4O3. The maximum absolute atomic E-state index is 13.7. The third-order valence-corrected chi connectivity index (χ3v) is 4.11. The first-order valence-corrected chi connectivity index (χ1v) is 8.26. The lowest BCUT2D eigenvalue weighted by Gasteiger charge is -2.21. The van der Waals surface area contributed by atoms with Crippen molar-refractivity contribution < 1.29 is 27.4 Å². The summed E-state index contributed by atoms with van der Waals surface area (Å²) >= 11 is 0. The highest BCUT2D eigenvalue weighted by atomic mass is 19.3. The van der Waals surface area contributed by atoms with Crippen LogP contribution < -0.4 is 10.1 Å². The highest BCUT2D eigenvalue weighted by molar-refractivity contribution is 5.73. The minimum atomic E-state index is -2.72. The standard InChI is InChI=1S/C17H19F3N4O3/c1-23(8-14-21-4-5-24(14)16(19)20)17(25)22-3-2-11-6-13(18)7-12-9-26-10-27-15(11)12/h4-7,16H,2-3,8-10H2,1H3,(H,22,25). The van der Waals surface area contributed by atoms with Crippen LogP contribution in [-0.4, -0.2) is 40.9 Å². The average Bonchev–Trinajstić information content (AvgIpc) is 3.09. The Hall–Kier alpha value is -2.75. The second-order valence-corrected chi connectivity index (χ2v) is 6.03. The second-order valence-electron chi connectivity index (χ2n) is 6.03. The van der Waals surface area contributed by atoms with Crippen molar-refractivity contribution in [1.29, 1.82) is 0 Å². The number of urea groups is 1. The van der Waals surface area contributed by atoms with Gasteiger partial charge in [-0.05, 0) is 24.1 Å². The third kappa shape index (κ3) is 4.51. The molecule has 0 saturated heterocycles. The lowest BCUT2D eigenvalue weighted by atomic mass is 10.1. The Kier molecular flexibility index (Phi) is 5.84. The van der Waals surface area contributed by atoms with Gasteiger partial charge in [0, 0.05) is 31.5 Å². The molecule has 3 rings (SSSR count). The van der Waals surface area contributed by atoms with Crippen LogP contribution in [0.4, 0.5) is 18.0 Å². The van der Waals surface area contributed by atoms with Crippen LogP contribution >= 0.6 is 0 Å². The van der Waals surface area contributed by atoms with Crippen LogP contribution in [0.25, 0.3) is 0 Å². The number of fused-ring (bicyclic) bond motifs is 1. The van der Waals surface area contributed by atoms with Gasteiger partial charge >= 0.3 is 12.6 Å². The lowest BCUT2D eigenvalue weighted by Crippen LogP contribution is -2.38. The van der Waals surface area contributed by atoms with Crippen molar-refractivity contribution in [3.8, 4) is 5.75 Å². The number of halogens is 3. The van der Waals surface area contributed by atoms with Gasteiger partial charge in [-0.2, -0.15) is 8.78 Å². The van der Waals surface area contributed by atoms with E-state index in [1.165, 1.54) is 30.3 Å². The molecule has 0 spiro atoms. The van der Waals surface area contributed by atoms with Gasteiger partial charge in [0.15, 0.2) is 6.79 Å². The van der Waals surface area contributed by atoms with Gasteiger partial charge in [0.05, 0.1) is 13.2 Å². The minimum Gasteiger partial charge on any atom is -0.467 e. The van der Waals surface area contributed by atoms with Gasteiger partial charge in [-0.1, -0.05) is 0 Å². The molecule has 0 radical (unpaired) electrons. The van der Waals surface area contributed by atoms with Crippen molar-refractivity contribution in [1.82, 2.24) is 19.8 Å². The molecule has 0 bridgehead atoms. The molecule has 0 unspecified atom stereocenters. The maximum atomic E-state index is 13.7. The fourth-order valence-electron chi connectivity index (χ4n) is 2.81. The number of aromatic nitrogens is 2. The molecule has 146 valence electrons. The van der Waals surface area contributed by atoms with Crippen LogP contribution in [0.5, 0.6) is 5.75 Å². The van der Waals surface area contributed by atoms with E-state index in [0.717, 1.165) is 6.20 Å². The number of benzene rings is 1. The van der Waals surface area contributed by atoms with E-state index in [9.17, 15) is 18.0 Å². The van der Waals surface area contributed by atoms with Crippen LogP contribution in [-0.2, 0) is 24.3 Å². The second kappa shape index (κ2) is 8.30. The van der Waals surface area contributed by atoms with Crippen LogP contribution in [0.1, 0.15) is 23.5 Å². The molecule has 1 aliphatic rings. The molecule has 0 atom stereocenters. The number of carbonyl (C=O) groups is 1. The Balaban J connectivity index is 1.55. The smallest absolute Gasteiger partial charge is 0.319 e. The summed E-state index contributed by atoms with van der Waals surface area (Å²) < 4.78 is 50.6. The summed E-state index contributed by atoms with van der Waals surface area (Å²) in [6.45, 7) is -2.20. The molecule has 10 heteroatoms. The molecule has 2 heterocycles. The zero-order valence-corrected chi connectivity index (χ0v) is 14.6. The number of amides is 2. The van der Waals surface area contributed by atoms with Crippen LogP contribution in [0.15, 0.2) is 24.5 Å². The van der Waals surface area contributed by atoms with E-state index in [2.05, 4.69) is 10.3 Å². The third-order valence-electron chi connectivity index (χ3n) is 4.11. The number of hydrogen-bond acceptors (Lipinski definition) is 4. The van der Waals surface area contributed by atoms with E-state index in [1.54, 1.807) is 0 Å². The minimum absolute atomic E-state index is 0.0704. The number of rotatable bonds is 6. The average molecular weight is 384 g/mol. The summed E-state index contributed by atoms with van der Waals surface area (Å²) in [5.41, 5.74) is 1.25. The van der Waals surface area contributed by atoms with Crippen molar-refractivity contribution in [3.63, 3.8) is 0 Å². The summed E-state index contributed by atoms with van der Waals surface area (Å²) in [4.78, 5) is 17.2. The molecule has 1 N–H and O–H groups in total. The fourth-order valence-corrected chi connectivity index (χ4v) is 2.81. The van der Waals surface area contributed by atoms with E-state index >= 15 is 0 Å². The first kappa shape index (κ1) is 19.0. The monoisotopic (exact) mass is 384 g/mol. The van der Waals surface area contributed by atoms with E-state index < -0.39 is 18.4 Å². The van der Waals surface area contributed by atoms with Crippen molar-refractivity contribution in [2.75, 3.05) is 20.4 Å². The maximum Gasteiger partial charge on any atom is 0.319 e. The molecule has 2 amide bonds. The number of hydrogen-bond donors (Lipinski definition) is 1. The Morgan fingerprint density at radius 1 is 1.44 bits per heavy atom. The van der Waals surface area contributed by atoms with Gasteiger partial charge in [-0.3, -0.25) is 4.57 Å². The quantitative estimate of drug-likeness (QED) is 0.832. The number of carbonyl (C=O) groups excluding carboxylic acids is 1. The van der Waals surface area contributed by atoms with Crippen LogP contribution in [0, 0.1) is 5.82 Å². The SMILES string of the molecule is CN(Cc1nccn1C(F)F)C(=O)NCCc1cc(F)cc2c1OCOC2. The van der Waals surface area contributed by atoms with Gasteiger partial charge < -0.3 is 19.7 Å². The Morgan fingerprint density at radius 2 is 2.26 bits per heavy atom. The number of imidazole rings is 1. The highest BCUT2D eigenvalue weighted by Crippen LogP contribution is 2.29. The molecule has 0 saturated carbocycles. The summed E-state index contributed by atoms with van der Waals surface area (Å²) in [7, 11) is 1.48. The molecule has 0 fully saturated rings. The van der Waals surface area contributed by atoms with Crippen LogP contribution in [0.2, 0.25) is 0 Å². The number of nitrogens with one attached hydrogen (secondary N) is 1. The van der Waals surface area contributed by atoms with Gasteiger partial charge in [-0.15, -0.1) is 0 Å². The summed E-state index contributed by atoms with van der Waals surface area (Å²) in [5, 5.41) is 2.67. The van der Waals surface area contributed by atoms with Crippen molar-refractivity contribution >= 4 is 6.03 Å². The summed E-state index contributed by atoms with van der Waals surface area (Å²) in [5.74, 6) is 0.250. The van der Waals surface area contributed by atoms with Crippen molar-refractivity contribution in [2.24, 2.45) is 0 Å². The molecule has 2 aromatic rings. The van der Waals surface area contributed by atoms with Gasteiger partial charge in [-0.25, -0.2) is 14.2 Å². The molecule has 1 aromatic carbocycles. The van der Waals surface area contributed by atoms with Gasteiger partial charge in [0.1, 0.15) is 17.4 Å². The van der Waals surface area contributed by atoms with E-state index in [4.69, 9.17) is 9.47 Å².